The molecule has 0 saturated carbocycles. The third-order valence-electron chi connectivity index (χ3n) is 5.20. The summed E-state index contributed by atoms with van der Waals surface area (Å²) in [4.78, 5) is 27.3. The van der Waals surface area contributed by atoms with Crippen LogP contribution in [0.25, 0.3) is 0 Å². The van der Waals surface area contributed by atoms with Crippen molar-refractivity contribution in [2.45, 2.75) is 34.2 Å². The minimum Gasteiger partial charge on any atom is -0.339 e. The lowest BCUT2D eigenvalue weighted by Gasteiger charge is -2.19. The van der Waals surface area contributed by atoms with Gasteiger partial charge in [-0.2, -0.15) is 5.10 Å². The topological polar surface area (TPSA) is 67.2 Å². The third kappa shape index (κ3) is 4.59. The Morgan fingerprint density at radius 3 is 2.37 bits per heavy atom. The molecule has 1 heterocycles. The van der Waals surface area contributed by atoms with Gasteiger partial charge in [0.25, 0.3) is 11.8 Å². The van der Waals surface area contributed by atoms with Crippen molar-refractivity contribution in [1.82, 2.24) is 14.7 Å². The van der Waals surface area contributed by atoms with Crippen LogP contribution in [0.1, 0.15) is 51.5 Å². The maximum absolute atomic E-state index is 13.0. The third-order valence-corrected chi connectivity index (χ3v) is 5.20. The Kier molecular flexibility index (Phi) is 6.67. The fraction of sp³-hybridized carbons (Fsp3) is 0.292. The second kappa shape index (κ2) is 9.39. The van der Waals surface area contributed by atoms with E-state index in [-0.39, 0.29) is 11.8 Å². The zero-order valence-electron chi connectivity index (χ0n) is 18.0. The molecule has 1 N–H and O–H groups in total. The number of benzene rings is 2. The first-order valence-corrected chi connectivity index (χ1v) is 10.2. The number of aromatic nitrogens is 2. The molecule has 156 valence electrons. The van der Waals surface area contributed by atoms with Crippen LogP contribution >= 0.6 is 0 Å². The molecule has 0 spiro atoms. The van der Waals surface area contributed by atoms with Crippen LogP contribution in [0.4, 0.5) is 5.69 Å². The van der Waals surface area contributed by atoms with Gasteiger partial charge in [0.15, 0.2) is 0 Å². The van der Waals surface area contributed by atoms with Gasteiger partial charge >= 0.3 is 0 Å². The lowest BCUT2D eigenvalue weighted by molar-refractivity contribution is 0.0772. The molecular formula is C24H28N4O2. The highest BCUT2D eigenvalue weighted by Crippen LogP contribution is 2.19. The number of hydrogen-bond donors (Lipinski definition) is 1. The summed E-state index contributed by atoms with van der Waals surface area (Å²) in [6, 6.07) is 17.1. The number of amides is 2. The Balaban J connectivity index is 1.80. The molecule has 0 fully saturated rings. The number of nitrogens with one attached hydrogen (secondary N) is 1. The number of aryl methyl sites for hydroxylation is 1. The molecule has 0 aliphatic carbocycles. The molecule has 0 atom stereocenters. The van der Waals surface area contributed by atoms with Crippen LogP contribution in [0.2, 0.25) is 0 Å². The fourth-order valence-corrected chi connectivity index (χ4v) is 3.55. The molecule has 0 saturated heterocycles. The number of anilines is 1. The van der Waals surface area contributed by atoms with Crippen molar-refractivity contribution in [3.63, 3.8) is 0 Å². The van der Waals surface area contributed by atoms with Gasteiger partial charge in [0.2, 0.25) is 0 Å². The van der Waals surface area contributed by atoms with E-state index in [4.69, 9.17) is 0 Å². The van der Waals surface area contributed by atoms with Gasteiger partial charge in [0.05, 0.1) is 17.8 Å². The van der Waals surface area contributed by atoms with Crippen molar-refractivity contribution in [2.24, 2.45) is 0 Å². The van der Waals surface area contributed by atoms with E-state index in [1.165, 1.54) is 0 Å². The van der Waals surface area contributed by atoms with Crippen LogP contribution in [-0.4, -0.2) is 39.6 Å². The van der Waals surface area contributed by atoms with Gasteiger partial charge in [-0.25, -0.2) is 0 Å². The molecule has 30 heavy (non-hydrogen) atoms. The molecule has 3 rings (SSSR count). The summed E-state index contributed by atoms with van der Waals surface area (Å²) in [6.07, 6.45) is 0. The van der Waals surface area contributed by atoms with Gasteiger partial charge in [-0.05, 0) is 51.5 Å². The first-order valence-electron chi connectivity index (χ1n) is 10.2. The van der Waals surface area contributed by atoms with E-state index < -0.39 is 0 Å². The summed E-state index contributed by atoms with van der Waals surface area (Å²) in [5.41, 5.74) is 4.32. The Hall–Kier alpha value is -3.41. The van der Waals surface area contributed by atoms with E-state index in [0.29, 0.717) is 42.1 Å². The van der Waals surface area contributed by atoms with Crippen molar-refractivity contribution in [2.75, 3.05) is 18.4 Å². The van der Waals surface area contributed by atoms with E-state index >= 15 is 0 Å². The molecule has 0 radical (unpaired) electrons. The predicted octanol–water partition coefficient (Wildman–Crippen LogP) is 4.28. The van der Waals surface area contributed by atoms with E-state index in [1.54, 1.807) is 29.2 Å². The Labute approximate surface area is 177 Å². The average Bonchev–Trinajstić information content (AvgIpc) is 3.02. The molecule has 0 aliphatic rings. The summed E-state index contributed by atoms with van der Waals surface area (Å²) in [6.45, 7) is 9.53. The lowest BCUT2D eigenvalue weighted by atomic mass is 10.1. The Bertz CT molecular complexity index is 1040. The van der Waals surface area contributed by atoms with Gasteiger partial charge in [-0.15, -0.1) is 0 Å². The van der Waals surface area contributed by atoms with Crippen LogP contribution in [0.5, 0.6) is 0 Å². The molecule has 1 aromatic heterocycles. The highest BCUT2D eigenvalue weighted by molar-refractivity contribution is 6.06. The fourth-order valence-electron chi connectivity index (χ4n) is 3.55. The van der Waals surface area contributed by atoms with Crippen molar-refractivity contribution < 1.29 is 9.59 Å². The molecule has 0 bridgehead atoms. The molecule has 2 aromatic carbocycles. The molecule has 2 amide bonds. The minimum absolute atomic E-state index is 0.0425. The van der Waals surface area contributed by atoms with Gasteiger partial charge in [-0.1, -0.05) is 36.4 Å². The number of carbonyl (C=O) groups is 2. The SMILES string of the molecule is CCN(CC)C(=O)c1cccc(NC(=O)c2c(C)nn(Cc3ccccc3)c2C)c1. The maximum Gasteiger partial charge on any atom is 0.259 e. The molecule has 0 unspecified atom stereocenters. The smallest absolute Gasteiger partial charge is 0.259 e. The molecule has 3 aromatic rings. The van der Waals surface area contributed by atoms with Gasteiger partial charge in [0.1, 0.15) is 0 Å². The number of carbonyl (C=O) groups excluding carboxylic acids is 2. The van der Waals surface area contributed by atoms with Crippen molar-refractivity contribution in [1.29, 1.82) is 0 Å². The van der Waals surface area contributed by atoms with Crippen LogP contribution < -0.4 is 5.32 Å². The van der Waals surface area contributed by atoms with Crippen LogP contribution in [0.15, 0.2) is 54.6 Å². The summed E-state index contributed by atoms with van der Waals surface area (Å²) < 4.78 is 1.85. The zero-order chi connectivity index (χ0) is 21.7. The van der Waals surface area contributed by atoms with Crippen molar-refractivity contribution in [3.05, 3.63) is 82.7 Å². The van der Waals surface area contributed by atoms with Crippen LogP contribution in [-0.2, 0) is 6.54 Å². The first-order chi connectivity index (χ1) is 14.4. The van der Waals surface area contributed by atoms with Gasteiger partial charge in [-0.3, -0.25) is 14.3 Å². The second-order valence-electron chi connectivity index (χ2n) is 7.20. The monoisotopic (exact) mass is 404 g/mol. The minimum atomic E-state index is -0.225. The van der Waals surface area contributed by atoms with Gasteiger partial charge in [0, 0.05) is 30.0 Å². The largest absolute Gasteiger partial charge is 0.339 e. The molecular weight excluding hydrogens is 376 g/mol. The average molecular weight is 405 g/mol. The number of nitrogens with zero attached hydrogens (tertiary/aromatic N) is 3. The zero-order valence-corrected chi connectivity index (χ0v) is 18.0. The van der Waals surface area contributed by atoms with E-state index in [1.807, 2.05) is 62.7 Å². The van der Waals surface area contributed by atoms with E-state index in [0.717, 1.165) is 11.3 Å². The molecule has 6 nitrogen and oxygen atoms in total. The Morgan fingerprint density at radius 1 is 1.00 bits per heavy atom. The van der Waals surface area contributed by atoms with Crippen molar-refractivity contribution >= 4 is 17.5 Å². The van der Waals surface area contributed by atoms with Gasteiger partial charge < -0.3 is 10.2 Å². The number of rotatable bonds is 7. The lowest BCUT2D eigenvalue weighted by Crippen LogP contribution is -2.30. The molecule has 0 aliphatic heterocycles. The van der Waals surface area contributed by atoms with Crippen molar-refractivity contribution in [3.8, 4) is 0 Å². The quantitative estimate of drug-likeness (QED) is 0.639. The highest BCUT2D eigenvalue weighted by Gasteiger charge is 2.20. The first kappa shape index (κ1) is 21.3. The highest BCUT2D eigenvalue weighted by atomic mass is 16.2. The predicted molar refractivity (Wildman–Crippen MR) is 119 cm³/mol. The summed E-state index contributed by atoms with van der Waals surface area (Å²) in [5.74, 6) is -0.268. The maximum atomic E-state index is 13.0. The summed E-state index contributed by atoms with van der Waals surface area (Å²) in [5, 5.41) is 7.48. The summed E-state index contributed by atoms with van der Waals surface area (Å²) >= 11 is 0. The van der Waals surface area contributed by atoms with E-state index in [2.05, 4.69) is 10.4 Å². The molecule has 6 heteroatoms. The summed E-state index contributed by atoms with van der Waals surface area (Å²) in [7, 11) is 0. The van der Waals surface area contributed by atoms with Crippen LogP contribution in [0.3, 0.4) is 0 Å². The number of hydrogen-bond acceptors (Lipinski definition) is 3. The van der Waals surface area contributed by atoms with Crippen LogP contribution in [0, 0.1) is 13.8 Å². The normalized spacial score (nSPS) is 10.7. The second-order valence-corrected chi connectivity index (χ2v) is 7.20. The Morgan fingerprint density at radius 2 is 1.70 bits per heavy atom. The standard InChI is InChI=1S/C24H28N4O2/c1-5-27(6-2)24(30)20-13-10-14-21(15-20)25-23(29)22-17(3)26-28(18(22)4)16-19-11-8-7-9-12-19/h7-15H,5-6,16H2,1-4H3,(H,25,29). The van der Waals surface area contributed by atoms with E-state index in [9.17, 15) is 9.59 Å².